The van der Waals surface area contributed by atoms with Crippen LogP contribution in [0.25, 0.3) is 0 Å². The molecular formula is C9H11BrO. The Balaban J connectivity index is 2.83. The van der Waals surface area contributed by atoms with Gasteiger partial charge in [-0.25, -0.2) is 0 Å². The van der Waals surface area contributed by atoms with Gasteiger partial charge < -0.3 is 4.74 Å². The number of para-hydroxylation sites is 1. The van der Waals surface area contributed by atoms with E-state index in [0.29, 0.717) is 5.52 Å². The molecule has 0 bridgehead atoms. The van der Waals surface area contributed by atoms with Crippen molar-refractivity contribution in [1.29, 1.82) is 0 Å². The zero-order valence-corrected chi connectivity index (χ0v) is 8.10. The number of benzene rings is 1. The van der Waals surface area contributed by atoms with Crippen LogP contribution in [0, 0.1) is 0 Å². The molecule has 0 atom stereocenters. The van der Waals surface area contributed by atoms with Gasteiger partial charge in [-0.05, 0) is 34.0 Å². The van der Waals surface area contributed by atoms with Gasteiger partial charge in [0, 0.05) is 0 Å². The number of aryl methyl sites for hydroxylation is 1. The highest BCUT2D eigenvalue weighted by molar-refractivity contribution is 9.09. The SMILES string of the molecule is CCc1ccccc1OCBr. The maximum absolute atomic E-state index is 5.34. The van der Waals surface area contributed by atoms with E-state index in [2.05, 4.69) is 28.9 Å². The largest absolute Gasteiger partial charge is 0.482 e. The van der Waals surface area contributed by atoms with Gasteiger partial charge in [0.25, 0.3) is 0 Å². The van der Waals surface area contributed by atoms with Crippen molar-refractivity contribution in [3.63, 3.8) is 0 Å². The van der Waals surface area contributed by atoms with Crippen LogP contribution in [0.4, 0.5) is 0 Å². The minimum Gasteiger partial charge on any atom is -0.482 e. The van der Waals surface area contributed by atoms with Crippen LogP contribution < -0.4 is 4.74 Å². The zero-order valence-electron chi connectivity index (χ0n) is 6.51. The van der Waals surface area contributed by atoms with Gasteiger partial charge >= 0.3 is 0 Å². The van der Waals surface area contributed by atoms with Crippen LogP contribution >= 0.6 is 15.9 Å². The minimum absolute atomic E-state index is 0.560. The van der Waals surface area contributed by atoms with E-state index in [4.69, 9.17) is 4.74 Å². The van der Waals surface area contributed by atoms with E-state index < -0.39 is 0 Å². The van der Waals surface area contributed by atoms with Crippen LogP contribution in [0.1, 0.15) is 12.5 Å². The molecule has 0 spiro atoms. The fraction of sp³-hybridized carbons (Fsp3) is 0.333. The fourth-order valence-electron chi connectivity index (χ4n) is 0.995. The van der Waals surface area contributed by atoms with E-state index in [1.807, 2.05) is 18.2 Å². The molecule has 0 radical (unpaired) electrons. The monoisotopic (exact) mass is 214 g/mol. The lowest BCUT2D eigenvalue weighted by Crippen LogP contribution is -1.92. The van der Waals surface area contributed by atoms with E-state index in [9.17, 15) is 0 Å². The van der Waals surface area contributed by atoms with E-state index in [0.717, 1.165) is 12.2 Å². The molecule has 0 aliphatic heterocycles. The lowest BCUT2D eigenvalue weighted by molar-refractivity contribution is 0.393. The van der Waals surface area contributed by atoms with Crippen LogP contribution in [0.3, 0.4) is 0 Å². The zero-order chi connectivity index (χ0) is 8.10. The molecule has 1 aromatic rings. The standard InChI is InChI=1S/C9H11BrO/c1-2-8-5-3-4-6-9(8)11-7-10/h3-6H,2,7H2,1H3. The molecule has 0 N–H and O–H groups in total. The molecule has 0 aliphatic rings. The third-order valence-corrected chi connectivity index (χ3v) is 1.79. The third-order valence-electron chi connectivity index (χ3n) is 1.56. The summed E-state index contributed by atoms with van der Waals surface area (Å²) in [4.78, 5) is 0. The quantitative estimate of drug-likeness (QED) is 0.704. The van der Waals surface area contributed by atoms with Gasteiger partial charge in [0.1, 0.15) is 11.3 Å². The van der Waals surface area contributed by atoms with Crippen LogP contribution in [0.15, 0.2) is 24.3 Å². The smallest absolute Gasteiger partial charge is 0.143 e. The summed E-state index contributed by atoms with van der Waals surface area (Å²) in [5.41, 5.74) is 1.82. The maximum atomic E-state index is 5.34. The van der Waals surface area contributed by atoms with E-state index in [-0.39, 0.29) is 0 Å². The Morgan fingerprint density at radius 3 is 2.73 bits per heavy atom. The molecule has 1 rings (SSSR count). The Morgan fingerprint density at radius 1 is 1.36 bits per heavy atom. The topological polar surface area (TPSA) is 9.23 Å². The first-order valence-electron chi connectivity index (χ1n) is 3.65. The maximum Gasteiger partial charge on any atom is 0.143 e. The van der Waals surface area contributed by atoms with Gasteiger partial charge in [-0.15, -0.1) is 0 Å². The van der Waals surface area contributed by atoms with E-state index in [1.165, 1.54) is 5.56 Å². The predicted molar refractivity (Wildman–Crippen MR) is 50.2 cm³/mol. The van der Waals surface area contributed by atoms with Gasteiger partial charge in [0.05, 0.1) is 0 Å². The summed E-state index contributed by atoms with van der Waals surface area (Å²) < 4.78 is 5.34. The third kappa shape index (κ3) is 2.22. The first kappa shape index (κ1) is 8.60. The fourth-order valence-corrected chi connectivity index (χ4v) is 1.24. The first-order valence-corrected chi connectivity index (χ1v) is 4.77. The van der Waals surface area contributed by atoms with Crippen LogP contribution in [-0.2, 0) is 6.42 Å². The Labute approximate surface area is 75.5 Å². The molecule has 0 saturated heterocycles. The summed E-state index contributed by atoms with van der Waals surface area (Å²) in [6.07, 6.45) is 1.02. The number of hydrogen-bond donors (Lipinski definition) is 0. The Bertz CT molecular complexity index is 223. The average Bonchev–Trinajstić information content (AvgIpc) is 2.06. The molecule has 0 unspecified atom stereocenters. The second-order valence-electron chi connectivity index (χ2n) is 2.21. The van der Waals surface area contributed by atoms with Crippen molar-refractivity contribution >= 4 is 15.9 Å². The molecule has 0 amide bonds. The molecule has 0 heterocycles. The second kappa shape index (κ2) is 4.39. The number of ether oxygens (including phenoxy) is 1. The van der Waals surface area contributed by atoms with Gasteiger partial charge in [0.15, 0.2) is 0 Å². The van der Waals surface area contributed by atoms with Crippen molar-refractivity contribution in [1.82, 2.24) is 0 Å². The predicted octanol–water partition coefficient (Wildman–Crippen LogP) is 2.98. The van der Waals surface area contributed by atoms with Crippen LogP contribution in [0.2, 0.25) is 0 Å². The molecule has 11 heavy (non-hydrogen) atoms. The van der Waals surface area contributed by atoms with Gasteiger partial charge in [-0.1, -0.05) is 25.1 Å². The van der Waals surface area contributed by atoms with Crippen molar-refractivity contribution in [2.24, 2.45) is 0 Å². The van der Waals surface area contributed by atoms with Crippen molar-refractivity contribution in [3.05, 3.63) is 29.8 Å². The molecule has 0 aromatic heterocycles. The first-order chi connectivity index (χ1) is 5.38. The van der Waals surface area contributed by atoms with E-state index in [1.54, 1.807) is 0 Å². The molecule has 0 aliphatic carbocycles. The van der Waals surface area contributed by atoms with Crippen molar-refractivity contribution in [2.75, 3.05) is 5.52 Å². The number of alkyl halides is 1. The molecule has 1 aromatic carbocycles. The van der Waals surface area contributed by atoms with Crippen LogP contribution in [0.5, 0.6) is 5.75 Å². The number of rotatable bonds is 3. The second-order valence-corrected chi connectivity index (χ2v) is 2.67. The van der Waals surface area contributed by atoms with Gasteiger partial charge in [-0.3, -0.25) is 0 Å². The van der Waals surface area contributed by atoms with Gasteiger partial charge in [0.2, 0.25) is 0 Å². The Morgan fingerprint density at radius 2 is 2.09 bits per heavy atom. The normalized spacial score (nSPS) is 9.64. The van der Waals surface area contributed by atoms with Crippen molar-refractivity contribution in [3.8, 4) is 5.75 Å². The highest BCUT2D eigenvalue weighted by Gasteiger charge is 1.97. The summed E-state index contributed by atoms with van der Waals surface area (Å²) in [7, 11) is 0. The molecule has 0 fully saturated rings. The van der Waals surface area contributed by atoms with Gasteiger partial charge in [-0.2, -0.15) is 0 Å². The lowest BCUT2D eigenvalue weighted by atomic mass is 10.1. The molecular weight excluding hydrogens is 204 g/mol. The summed E-state index contributed by atoms with van der Waals surface area (Å²) in [6.45, 7) is 2.12. The van der Waals surface area contributed by atoms with Crippen LogP contribution in [-0.4, -0.2) is 5.52 Å². The summed E-state index contributed by atoms with van der Waals surface area (Å²) in [6, 6.07) is 8.08. The highest BCUT2D eigenvalue weighted by Crippen LogP contribution is 2.18. The molecule has 2 heteroatoms. The Hall–Kier alpha value is -0.500. The molecule has 1 nitrogen and oxygen atoms in total. The van der Waals surface area contributed by atoms with Crippen molar-refractivity contribution < 1.29 is 4.74 Å². The molecule has 60 valence electrons. The highest BCUT2D eigenvalue weighted by atomic mass is 79.9. The van der Waals surface area contributed by atoms with Crippen molar-refractivity contribution in [2.45, 2.75) is 13.3 Å². The Kier molecular flexibility index (Phi) is 3.43. The molecule has 0 saturated carbocycles. The average molecular weight is 215 g/mol. The summed E-state index contributed by atoms with van der Waals surface area (Å²) in [5.74, 6) is 0.979. The number of hydrogen-bond acceptors (Lipinski definition) is 1. The van der Waals surface area contributed by atoms with E-state index >= 15 is 0 Å². The summed E-state index contributed by atoms with van der Waals surface area (Å²) >= 11 is 3.23. The minimum atomic E-state index is 0.560. The lowest BCUT2D eigenvalue weighted by Gasteiger charge is -2.06. The number of halogens is 1. The summed E-state index contributed by atoms with van der Waals surface area (Å²) in [5, 5.41) is 0.